The van der Waals surface area contributed by atoms with Crippen molar-refractivity contribution in [2.75, 3.05) is 32.8 Å². The van der Waals surface area contributed by atoms with Crippen LogP contribution >= 0.6 is 11.6 Å². The summed E-state index contributed by atoms with van der Waals surface area (Å²) >= 11 is 5.91. The standard InChI is InChI=1S/C25H31ClN2O4S/c26-23-10-8-20(9-11-23)18-33(30,31)28-14-4-5-21(17-28)24(29)27-19-25(12-15-32-16-13-25)22-6-2-1-3-7-22/h1-3,6-11,21H,4-5,12-19H2,(H,27,29). The first kappa shape index (κ1) is 24.2. The second-order valence-corrected chi connectivity index (χ2v) is 11.5. The number of rotatable bonds is 7. The highest BCUT2D eigenvalue weighted by atomic mass is 35.5. The summed E-state index contributed by atoms with van der Waals surface area (Å²) in [6, 6.07) is 17.1. The van der Waals surface area contributed by atoms with E-state index >= 15 is 0 Å². The molecule has 8 heteroatoms. The molecule has 2 aliphatic heterocycles. The number of hydrogen-bond donors (Lipinski definition) is 1. The predicted molar refractivity (Wildman–Crippen MR) is 130 cm³/mol. The van der Waals surface area contributed by atoms with Gasteiger partial charge in [0.15, 0.2) is 0 Å². The van der Waals surface area contributed by atoms with E-state index in [9.17, 15) is 13.2 Å². The van der Waals surface area contributed by atoms with E-state index in [1.54, 1.807) is 24.3 Å². The first-order chi connectivity index (χ1) is 15.9. The number of halogens is 1. The molecule has 1 unspecified atom stereocenters. The molecule has 0 bridgehead atoms. The van der Waals surface area contributed by atoms with E-state index in [-0.39, 0.29) is 29.5 Å². The maximum absolute atomic E-state index is 13.1. The summed E-state index contributed by atoms with van der Waals surface area (Å²) in [6.07, 6.45) is 3.07. The molecule has 1 N–H and O–H groups in total. The molecule has 2 saturated heterocycles. The Morgan fingerprint density at radius 1 is 1.09 bits per heavy atom. The molecule has 0 saturated carbocycles. The van der Waals surface area contributed by atoms with Crippen molar-refractivity contribution in [3.05, 3.63) is 70.7 Å². The van der Waals surface area contributed by atoms with Crippen molar-refractivity contribution in [2.45, 2.75) is 36.9 Å². The molecular weight excluding hydrogens is 460 g/mol. The second kappa shape index (κ2) is 10.6. The van der Waals surface area contributed by atoms with Crippen LogP contribution in [0.15, 0.2) is 54.6 Å². The zero-order valence-electron chi connectivity index (χ0n) is 18.7. The molecule has 2 heterocycles. The van der Waals surface area contributed by atoms with Gasteiger partial charge in [0.25, 0.3) is 0 Å². The summed E-state index contributed by atoms with van der Waals surface area (Å²) in [5.74, 6) is -0.495. The molecule has 0 aliphatic carbocycles. The Bertz CT molecular complexity index is 1040. The minimum atomic E-state index is -3.51. The van der Waals surface area contributed by atoms with Crippen LogP contribution in [0, 0.1) is 5.92 Å². The lowest BCUT2D eigenvalue weighted by Crippen LogP contribution is -2.49. The van der Waals surface area contributed by atoms with Gasteiger partial charge in [-0.3, -0.25) is 4.79 Å². The van der Waals surface area contributed by atoms with Crippen molar-refractivity contribution in [2.24, 2.45) is 5.92 Å². The van der Waals surface area contributed by atoms with Gasteiger partial charge < -0.3 is 10.1 Å². The Labute approximate surface area is 201 Å². The van der Waals surface area contributed by atoms with Crippen LogP contribution in [-0.2, 0) is 30.7 Å². The molecule has 0 spiro atoms. The zero-order valence-corrected chi connectivity index (χ0v) is 20.3. The lowest BCUT2D eigenvalue weighted by molar-refractivity contribution is -0.126. The van der Waals surface area contributed by atoms with Gasteiger partial charge in [-0.05, 0) is 48.9 Å². The quantitative estimate of drug-likeness (QED) is 0.641. The Kier molecular flexibility index (Phi) is 7.74. The number of sulfonamides is 1. The number of amides is 1. The number of benzene rings is 2. The lowest BCUT2D eigenvalue weighted by Gasteiger charge is -2.38. The van der Waals surface area contributed by atoms with Crippen molar-refractivity contribution in [3.63, 3.8) is 0 Å². The van der Waals surface area contributed by atoms with Crippen molar-refractivity contribution in [1.29, 1.82) is 0 Å². The van der Waals surface area contributed by atoms with Gasteiger partial charge in [0, 0.05) is 43.3 Å². The first-order valence-electron chi connectivity index (χ1n) is 11.5. The van der Waals surface area contributed by atoms with Crippen LogP contribution in [0.1, 0.15) is 36.8 Å². The lowest BCUT2D eigenvalue weighted by atomic mass is 9.74. The number of carbonyl (C=O) groups excluding carboxylic acids is 1. The molecule has 33 heavy (non-hydrogen) atoms. The van der Waals surface area contributed by atoms with E-state index in [0.29, 0.717) is 49.7 Å². The van der Waals surface area contributed by atoms with Gasteiger partial charge in [0.1, 0.15) is 0 Å². The minimum Gasteiger partial charge on any atom is -0.381 e. The van der Waals surface area contributed by atoms with Crippen LogP contribution in [-0.4, -0.2) is 51.5 Å². The van der Waals surface area contributed by atoms with E-state index in [1.165, 1.54) is 9.87 Å². The topological polar surface area (TPSA) is 75.7 Å². The predicted octanol–water partition coefficient (Wildman–Crippen LogP) is 3.75. The second-order valence-electron chi connectivity index (χ2n) is 9.06. The van der Waals surface area contributed by atoms with Gasteiger partial charge >= 0.3 is 0 Å². The molecule has 6 nitrogen and oxygen atoms in total. The Balaban J connectivity index is 1.39. The first-order valence-corrected chi connectivity index (χ1v) is 13.5. The van der Waals surface area contributed by atoms with Gasteiger partial charge in [-0.1, -0.05) is 54.1 Å². The highest BCUT2D eigenvalue weighted by Gasteiger charge is 2.37. The van der Waals surface area contributed by atoms with Crippen LogP contribution in [0.3, 0.4) is 0 Å². The third-order valence-corrected chi connectivity index (χ3v) is 8.92. The van der Waals surface area contributed by atoms with Gasteiger partial charge in [-0.2, -0.15) is 0 Å². The third kappa shape index (κ3) is 5.96. The number of nitrogens with one attached hydrogen (secondary N) is 1. The van der Waals surface area contributed by atoms with Crippen LogP contribution in [0.25, 0.3) is 0 Å². The average molecular weight is 491 g/mol. The molecule has 1 amide bonds. The van der Waals surface area contributed by atoms with Gasteiger partial charge in [-0.25, -0.2) is 12.7 Å². The SMILES string of the molecule is O=C(NCC1(c2ccccc2)CCOCC1)C1CCCN(S(=O)(=O)Cc2ccc(Cl)cc2)C1. The fourth-order valence-electron chi connectivity index (χ4n) is 4.81. The molecule has 2 aliphatic rings. The molecule has 4 rings (SSSR count). The largest absolute Gasteiger partial charge is 0.381 e. The number of nitrogens with zero attached hydrogens (tertiary/aromatic N) is 1. The molecular formula is C25H31ClN2O4S. The molecule has 2 aromatic carbocycles. The van der Waals surface area contributed by atoms with Crippen LogP contribution in [0.2, 0.25) is 5.02 Å². The van der Waals surface area contributed by atoms with E-state index in [2.05, 4.69) is 17.4 Å². The summed E-state index contributed by atoms with van der Waals surface area (Å²) in [5.41, 5.74) is 1.75. The zero-order chi connectivity index (χ0) is 23.3. The Morgan fingerprint density at radius 2 is 1.79 bits per heavy atom. The number of piperidine rings is 1. The Hall–Kier alpha value is -1.93. The number of ether oxygens (including phenoxy) is 1. The Morgan fingerprint density at radius 3 is 2.48 bits per heavy atom. The minimum absolute atomic E-state index is 0.0665. The summed E-state index contributed by atoms with van der Waals surface area (Å²) in [5, 5.41) is 3.73. The number of carbonyl (C=O) groups is 1. The van der Waals surface area contributed by atoms with E-state index in [1.807, 2.05) is 18.2 Å². The normalized spacial score (nSPS) is 21.4. The smallest absolute Gasteiger partial charge is 0.224 e. The van der Waals surface area contributed by atoms with E-state index in [0.717, 1.165) is 12.8 Å². The highest BCUT2D eigenvalue weighted by molar-refractivity contribution is 7.88. The summed E-state index contributed by atoms with van der Waals surface area (Å²) in [7, 11) is -3.51. The van der Waals surface area contributed by atoms with Crippen molar-refractivity contribution < 1.29 is 17.9 Å². The molecule has 2 fully saturated rings. The highest BCUT2D eigenvalue weighted by Crippen LogP contribution is 2.34. The molecule has 2 aromatic rings. The van der Waals surface area contributed by atoms with Gasteiger partial charge in [0.05, 0.1) is 11.7 Å². The van der Waals surface area contributed by atoms with Crippen LogP contribution in [0.5, 0.6) is 0 Å². The van der Waals surface area contributed by atoms with Crippen molar-refractivity contribution in [1.82, 2.24) is 9.62 Å². The fourth-order valence-corrected chi connectivity index (χ4v) is 6.55. The van der Waals surface area contributed by atoms with Gasteiger partial charge in [0.2, 0.25) is 15.9 Å². The van der Waals surface area contributed by atoms with Crippen LogP contribution < -0.4 is 5.32 Å². The molecule has 0 aromatic heterocycles. The summed E-state index contributed by atoms with van der Waals surface area (Å²) < 4.78 is 33.0. The maximum Gasteiger partial charge on any atom is 0.224 e. The fraction of sp³-hybridized carbons (Fsp3) is 0.480. The monoisotopic (exact) mass is 490 g/mol. The molecule has 178 valence electrons. The van der Waals surface area contributed by atoms with E-state index < -0.39 is 10.0 Å². The third-order valence-electron chi connectivity index (χ3n) is 6.85. The average Bonchev–Trinajstić information content (AvgIpc) is 2.85. The number of hydrogen-bond acceptors (Lipinski definition) is 4. The van der Waals surface area contributed by atoms with Crippen molar-refractivity contribution >= 4 is 27.5 Å². The summed E-state index contributed by atoms with van der Waals surface area (Å²) in [6.45, 7) is 2.55. The van der Waals surface area contributed by atoms with E-state index in [4.69, 9.17) is 16.3 Å². The molecule has 0 radical (unpaired) electrons. The van der Waals surface area contributed by atoms with Gasteiger partial charge in [-0.15, -0.1) is 0 Å². The summed E-state index contributed by atoms with van der Waals surface area (Å²) in [4.78, 5) is 13.1. The molecule has 1 atom stereocenters. The maximum atomic E-state index is 13.1. The van der Waals surface area contributed by atoms with Crippen LogP contribution in [0.4, 0.5) is 0 Å². The van der Waals surface area contributed by atoms with Crippen molar-refractivity contribution in [3.8, 4) is 0 Å².